The molecule has 4 heteroatoms. The highest BCUT2D eigenvalue weighted by atomic mass is 16.5. The van der Waals surface area contributed by atoms with Crippen molar-refractivity contribution in [3.05, 3.63) is 59.2 Å². The molecule has 0 spiro atoms. The summed E-state index contributed by atoms with van der Waals surface area (Å²) in [4.78, 5) is 12.5. The van der Waals surface area contributed by atoms with E-state index in [4.69, 9.17) is 9.47 Å². The first-order valence-corrected chi connectivity index (χ1v) is 9.30. The first kappa shape index (κ1) is 19.8. The number of carbonyl (C=O) groups excluding carboxylic acids is 1. The Morgan fingerprint density at radius 3 is 2.54 bits per heavy atom. The Morgan fingerprint density at radius 1 is 1.08 bits per heavy atom. The van der Waals surface area contributed by atoms with E-state index in [0.717, 1.165) is 35.5 Å². The number of carbonyl (C=O) groups is 1. The maximum Gasteiger partial charge on any atom is 0.251 e. The Kier molecular flexibility index (Phi) is 7.52. The van der Waals surface area contributed by atoms with Crippen LogP contribution >= 0.6 is 0 Å². The third-order valence-corrected chi connectivity index (χ3v) is 4.20. The van der Waals surface area contributed by atoms with Crippen LogP contribution in [0.4, 0.5) is 0 Å². The maximum atomic E-state index is 12.5. The Labute approximate surface area is 156 Å². The minimum Gasteiger partial charge on any atom is -0.493 e. The van der Waals surface area contributed by atoms with Gasteiger partial charge < -0.3 is 14.8 Å². The second-order valence-electron chi connectivity index (χ2n) is 6.47. The van der Waals surface area contributed by atoms with Gasteiger partial charge in [-0.3, -0.25) is 4.79 Å². The van der Waals surface area contributed by atoms with Gasteiger partial charge in [0.25, 0.3) is 5.91 Å². The second kappa shape index (κ2) is 9.85. The van der Waals surface area contributed by atoms with E-state index in [9.17, 15) is 4.79 Å². The highest BCUT2D eigenvalue weighted by Gasteiger charge is 2.13. The monoisotopic (exact) mass is 355 g/mol. The molecule has 2 aromatic carbocycles. The van der Waals surface area contributed by atoms with Crippen molar-refractivity contribution in [2.24, 2.45) is 0 Å². The van der Waals surface area contributed by atoms with Gasteiger partial charge in [-0.05, 0) is 57.0 Å². The quantitative estimate of drug-likeness (QED) is 0.696. The van der Waals surface area contributed by atoms with E-state index >= 15 is 0 Å². The third kappa shape index (κ3) is 5.51. The van der Waals surface area contributed by atoms with Crippen molar-refractivity contribution in [2.75, 3.05) is 6.61 Å². The summed E-state index contributed by atoms with van der Waals surface area (Å²) in [5, 5.41) is 3.04. The van der Waals surface area contributed by atoms with Crippen LogP contribution in [0.3, 0.4) is 0 Å². The van der Waals surface area contributed by atoms with Crippen molar-refractivity contribution in [3.63, 3.8) is 0 Å². The Hall–Kier alpha value is -2.49. The van der Waals surface area contributed by atoms with Crippen LogP contribution in [0.2, 0.25) is 0 Å². The first-order chi connectivity index (χ1) is 12.5. The van der Waals surface area contributed by atoms with E-state index in [1.54, 1.807) is 6.07 Å². The number of rotatable bonds is 9. The lowest BCUT2D eigenvalue weighted by Crippen LogP contribution is -2.32. The fourth-order valence-electron chi connectivity index (χ4n) is 2.82. The molecule has 0 bridgehead atoms. The van der Waals surface area contributed by atoms with Crippen molar-refractivity contribution in [1.82, 2.24) is 5.32 Å². The van der Waals surface area contributed by atoms with Crippen molar-refractivity contribution < 1.29 is 14.3 Å². The van der Waals surface area contributed by atoms with Gasteiger partial charge in [0.05, 0.1) is 6.61 Å². The Bertz CT molecular complexity index is 727. The topological polar surface area (TPSA) is 47.6 Å². The number of para-hydroxylation sites is 1. The van der Waals surface area contributed by atoms with Gasteiger partial charge in [-0.1, -0.05) is 31.5 Å². The van der Waals surface area contributed by atoms with Gasteiger partial charge in [0.2, 0.25) is 0 Å². The van der Waals surface area contributed by atoms with Crippen molar-refractivity contribution >= 4 is 5.91 Å². The van der Waals surface area contributed by atoms with Gasteiger partial charge in [0, 0.05) is 17.2 Å². The van der Waals surface area contributed by atoms with Gasteiger partial charge in [0.1, 0.15) is 18.1 Å². The number of ether oxygens (including phenoxy) is 2. The van der Waals surface area contributed by atoms with E-state index < -0.39 is 0 Å². The average molecular weight is 355 g/mol. The lowest BCUT2D eigenvalue weighted by Gasteiger charge is -2.16. The molecule has 2 rings (SSSR count). The van der Waals surface area contributed by atoms with Crippen LogP contribution in [-0.4, -0.2) is 18.6 Å². The molecule has 0 heterocycles. The van der Waals surface area contributed by atoms with E-state index in [0.29, 0.717) is 18.8 Å². The van der Waals surface area contributed by atoms with Crippen molar-refractivity contribution in [2.45, 2.75) is 53.2 Å². The van der Waals surface area contributed by atoms with Gasteiger partial charge in [-0.15, -0.1) is 0 Å². The number of hydrogen-bond donors (Lipinski definition) is 1. The smallest absolute Gasteiger partial charge is 0.251 e. The molecule has 0 fully saturated rings. The molecule has 0 aliphatic carbocycles. The molecule has 0 aliphatic heterocycles. The molecule has 140 valence electrons. The summed E-state index contributed by atoms with van der Waals surface area (Å²) < 4.78 is 11.7. The van der Waals surface area contributed by atoms with Gasteiger partial charge >= 0.3 is 0 Å². The zero-order chi connectivity index (χ0) is 18.9. The second-order valence-corrected chi connectivity index (χ2v) is 6.47. The SMILES string of the molecule is CCC[C@@H](C)NC(=O)c1ccc(OCC)c(COc2ccccc2C)c1. The van der Waals surface area contributed by atoms with Crippen molar-refractivity contribution in [1.29, 1.82) is 0 Å². The Morgan fingerprint density at radius 2 is 1.85 bits per heavy atom. The van der Waals surface area contributed by atoms with E-state index in [-0.39, 0.29) is 11.9 Å². The average Bonchev–Trinajstić information content (AvgIpc) is 2.62. The highest BCUT2D eigenvalue weighted by molar-refractivity contribution is 5.94. The third-order valence-electron chi connectivity index (χ3n) is 4.20. The zero-order valence-corrected chi connectivity index (χ0v) is 16.2. The standard InChI is InChI=1S/C22H29NO3/c1-5-9-17(4)23-22(24)18-12-13-21(25-6-2)19(14-18)15-26-20-11-8-7-10-16(20)3/h7-8,10-14,17H,5-6,9,15H2,1-4H3,(H,23,24)/t17-/m1/s1. The van der Waals surface area contributed by atoms with E-state index in [1.165, 1.54) is 0 Å². The number of hydrogen-bond acceptors (Lipinski definition) is 3. The maximum absolute atomic E-state index is 12.5. The summed E-state index contributed by atoms with van der Waals surface area (Å²) in [7, 11) is 0. The normalized spacial score (nSPS) is 11.7. The molecular formula is C22H29NO3. The minimum atomic E-state index is -0.0638. The number of nitrogens with one attached hydrogen (secondary N) is 1. The lowest BCUT2D eigenvalue weighted by atomic mass is 10.1. The summed E-state index contributed by atoms with van der Waals surface area (Å²) in [6.07, 6.45) is 2.01. The molecule has 0 unspecified atom stereocenters. The fourth-order valence-corrected chi connectivity index (χ4v) is 2.82. The summed E-state index contributed by atoms with van der Waals surface area (Å²) in [6.45, 7) is 9.01. The molecule has 0 aliphatic rings. The highest BCUT2D eigenvalue weighted by Crippen LogP contribution is 2.24. The van der Waals surface area contributed by atoms with Crippen LogP contribution in [0.15, 0.2) is 42.5 Å². The fraction of sp³-hybridized carbons (Fsp3) is 0.409. The minimum absolute atomic E-state index is 0.0638. The molecule has 0 saturated carbocycles. The summed E-state index contributed by atoms with van der Waals surface area (Å²) in [5.41, 5.74) is 2.57. The van der Waals surface area contributed by atoms with Crippen LogP contribution in [-0.2, 0) is 6.61 Å². The molecule has 0 aromatic heterocycles. The summed E-state index contributed by atoms with van der Waals surface area (Å²) in [6, 6.07) is 13.6. The molecule has 2 aromatic rings. The summed E-state index contributed by atoms with van der Waals surface area (Å²) in [5.74, 6) is 1.52. The first-order valence-electron chi connectivity index (χ1n) is 9.30. The number of amides is 1. The number of benzene rings is 2. The van der Waals surface area contributed by atoms with Gasteiger partial charge in [0.15, 0.2) is 0 Å². The molecule has 0 saturated heterocycles. The summed E-state index contributed by atoms with van der Waals surface area (Å²) >= 11 is 0. The van der Waals surface area contributed by atoms with Crippen LogP contribution in [0.5, 0.6) is 11.5 Å². The van der Waals surface area contributed by atoms with Crippen LogP contribution in [0, 0.1) is 6.92 Å². The van der Waals surface area contributed by atoms with Gasteiger partial charge in [-0.25, -0.2) is 0 Å². The van der Waals surface area contributed by atoms with Crippen LogP contribution < -0.4 is 14.8 Å². The zero-order valence-electron chi connectivity index (χ0n) is 16.2. The lowest BCUT2D eigenvalue weighted by molar-refractivity contribution is 0.0938. The molecule has 1 atom stereocenters. The molecule has 0 radical (unpaired) electrons. The molecule has 1 amide bonds. The predicted molar refractivity (Wildman–Crippen MR) is 105 cm³/mol. The van der Waals surface area contributed by atoms with Gasteiger partial charge in [-0.2, -0.15) is 0 Å². The van der Waals surface area contributed by atoms with E-state index in [1.807, 2.05) is 57.2 Å². The molecule has 4 nitrogen and oxygen atoms in total. The Balaban J connectivity index is 2.16. The predicted octanol–water partition coefficient (Wildman–Crippen LogP) is 4.89. The van der Waals surface area contributed by atoms with E-state index in [2.05, 4.69) is 12.2 Å². The number of aryl methyl sites for hydroxylation is 1. The molecule has 1 N–H and O–H groups in total. The largest absolute Gasteiger partial charge is 0.493 e. The van der Waals surface area contributed by atoms with Crippen LogP contribution in [0.25, 0.3) is 0 Å². The van der Waals surface area contributed by atoms with Crippen molar-refractivity contribution in [3.8, 4) is 11.5 Å². The molecule has 26 heavy (non-hydrogen) atoms. The van der Waals surface area contributed by atoms with Crippen LogP contribution in [0.1, 0.15) is 55.1 Å². The molecular weight excluding hydrogens is 326 g/mol.